The molecule has 2 aromatic carbocycles. The van der Waals surface area contributed by atoms with E-state index in [4.69, 9.17) is 4.99 Å². The number of hydrogen-bond acceptors (Lipinski definition) is 6. The van der Waals surface area contributed by atoms with Crippen molar-refractivity contribution in [2.45, 2.75) is 97.6 Å². The zero-order valence-electron chi connectivity index (χ0n) is 27.3. The molecule has 2 amide bonds. The van der Waals surface area contributed by atoms with Crippen molar-refractivity contribution in [2.24, 2.45) is 22.2 Å². The second-order valence-corrected chi connectivity index (χ2v) is 14.2. The van der Waals surface area contributed by atoms with E-state index >= 15 is 0 Å². The van der Waals surface area contributed by atoms with Crippen molar-refractivity contribution in [3.05, 3.63) is 76.4 Å². The predicted molar refractivity (Wildman–Crippen MR) is 168 cm³/mol. The Morgan fingerprint density at radius 3 is 2.34 bits per heavy atom. The number of nitrogens with one attached hydrogen (secondary N) is 2. The molecular formula is C34H41F4N7O2. The maximum atomic E-state index is 14.6. The molecule has 0 saturated heterocycles. The number of benzene rings is 2. The molecule has 1 aliphatic heterocycles. The molecule has 47 heavy (non-hydrogen) atoms. The molecular weight excluding hydrogens is 614 g/mol. The minimum atomic E-state index is -4.79. The lowest BCUT2D eigenvalue weighted by Crippen LogP contribution is -2.51. The van der Waals surface area contributed by atoms with E-state index in [1.807, 2.05) is 0 Å². The molecule has 9 nitrogen and oxygen atoms in total. The zero-order valence-corrected chi connectivity index (χ0v) is 27.3. The lowest BCUT2D eigenvalue weighted by Gasteiger charge is -2.46. The van der Waals surface area contributed by atoms with Crippen LogP contribution in [0.1, 0.15) is 112 Å². The summed E-state index contributed by atoms with van der Waals surface area (Å²) in [6, 6.07) is 8.66. The van der Waals surface area contributed by atoms with Crippen LogP contribution < -0.4 is 5.32 Å². The van der Waals surface area contributed by atoms with E-state index in [9.17, 15) is 27.2 Å². The van der Waals surface area contributed by atoms with Crippen LogP contribution in [0.3, 0.4) is 0 Å². The number of carbonyl (C=O) groups is 2. The molecule has 13 heteroatoms. The minimum Gasteiger partial charge on any atom is -0.345 e. The van der Waals surface area contributed by atoms with Crippen LogP contribution in [0, 0.1) is 23.1 Å². The second kappa shape index (κ2) is 13.2. The minimum absolute atomic E-state index is 0.0870. The van der Waals surface area contributed by atoms with Crippen LogP contribution in [-0.4, -0.2) is 48.7 Å². The lowest BCUT2D eigenvalue weighted by atomic mass is 9.75. The molecule has 1 atom stereocenters. The van der Waals surface area contributed by atoms with E-state index in [-0.39, 0.29) is 29.1 Å². The monoisotopic (exact) mass is 655 g/mol. The average Bonchev–Trinajstić information content (AvgIpc) is 3.62. The van der Waals surface area contributed by atoms with E-state index in [2.05, 4.69) is 60.6 Å². The van der Waals surface area contributed by atoms with Crippen molar-refractivity contribution in [1.82, 2.24) is 30.8 Å². The van der Waals surface area contributed by atoms with Crippen molar-refractivity contribution in [2.75, 3.05) is 0 Å². The summed E-state index contributed by atoms with van der Waals surface area (Å²) in [5.41, 5.74) is -1.43. The zero-order chi connectivity index (χ0) is 34.1. The Hall–Kier alpha value is -4.16. The molecule has 2 aliphatic rings. The van der Waals surface area contributed by atoms with Gasteiger partial charge >= 0.3 is 6.18 Å². The van der Waals surface area contributed by atoms with Gasteiger partial charge in [-0.05, 0) is 91.7 Å². The van der Waals surface area contributed by atoms with Gasteiger partial charge < -0.3 is 10.2 Å². The van der Waals surface area contributed by atoms with Gasteiger partial charge in [-0.2, -0.15) is 18.4 Å². The molecule has 1 aromatic heterocycles. The predicted octanol–water partition coefficient (Wildman–Crippen LogP) is 7.03. The average molecular weight is 656 g/mol. The Morgan fingerprint density at radius 2 is 1.77 bits per heavy atom. The maximum absolute atomic E-state index is 14.6. The van der Waals surface area contributed by atoms with Gasteiger partial charge in [-0.1, -0.05) is 52.0 Å². The summed E-state index contributed by atoms with van der Waals surface area (Å²) in [7, 11) is 0. The topological polar surface area (TPSA) is 116 Å². The summed E-state index contributed by atoms with van der Waals surface area (Å²) >= 11 is 0. The summed E-state index contributed by atoms with van der Waals surface area (Å²) in [5, 5.41) is 16.2. The number of amides is 2. The molecule has 2 N–H and O–H groups in total. The van der Waals surface area contributed by atoms with Gasteiger partial charge in [0.1, 0.15) is 17.2 Å². The van der Waals surface area contributed by atoms with Gasteiger partial charge in [-0.3, -0.25) is 14.6 Å². The molecule has 0 unspecified atom stereocenters. The van der Waals surface area contributed by atoms with Crippen LogP contribution in [-0.2, 0) is 17.5 Å². The van der Waals surface area contributed by atoms with Gasteiger partial charge in [-0.15, -0.1) is 10.2 Å². The van der Waals surface area contributed by atoms with Crippen LogP contribution in [0.2, 0.25) is 0 Å². The Labute approximate surface area is 271 Å². The number of hydrogen-bond donors (Lipinski definition) is 2. The first-order chi connectivity index (χ1) is 22.1. The first-order valence-corrected chi connectivity index (χ1v) is 16.0. The van der Waals surface area contributed by atoms with Crippen molar-refractivity contribution in [3.63, 3.8) is 0 Å². The molecule has 252 valence electrons. The molecule has 2 heterocycles. The van der Waals surface area contributed by atoms with Gasteiger partial charge in [-0.25, -0.2) is 4.39 Å². The van der Waals surface area contributed by atoms with E-state index in [1.54, 1.807) is 29.2 Å². The maximum Gasteiger partial charge on any atom is 0.416 e. The number of aliphatic imine (C=N–C) groups is 1. The Balaban J connectivity index is 1.53. The number of H-pyrrole nitrogens is 1. The number of aromatic nitrogens is 4. The van der Waals surface area contributed by atoms with E-state index in [0.29, 0.717) is 48.6 Å². The van der Waals surface area contributed by atoms with Crippen molar-refractivity contribution in [1.29, 1.82) is 0 Å². The molecule has 1 aliphatic carbocycles. The fourth-order valence-corrected chi connectivity index (χ4v) is 6.63. The molecule has 1 saturated carbocycles. The van der Waals surface area contributed by atoms with Crippen LogP contribution in [0.4, 0.5) is 17.6 Å². The molecule has 1 spiro atoms. The third kappa shape index (κ3) is 7.70. The standard InChI is InChI=1S/C34H41F4N7O2/c1-20(2)21-10-14-33(15-11-21)40-29(24-16-25(34(36,37)38)18-26(35)17-24)31(47)45(33)27(12-13-32(3,4)5)22-6-8-23(9-7-22)30(46)39-19-28-41-43-44-42-28/h6-9,16-18,20-21,27H,10-15,19H2,1-5H3,(H,39,46)(H,41,42,43,44)/t21?,27-,33?/m1/s1. The quantitative estimate of drug-likeness (QED) is 0.240. The fourth-order valence-electron chi connectivity index (χ4n) is 6.63. The molecule has 0 bridgehead atoms. The van der Waals surface area contributed by atoms with E-state index in [0.717, 1.165) is 37.0 Å². The highest BCUT2D eigenvalue weighted by molar-refractivity contribution is 6.46. The Morgan fingerprint density at radius 1 is 1.09 bits per heavy atom. The van der Waals surface area contributed by atoms with Gasteiger partial charge in [0.05, 0.1) is 18.2 Å². The van der Waals surface area contributed by atoms with Crippen molar-refractivity contribution < 1.29 is 27.2 Å². The van der Waals surface area contributed by atoms with Gasteiger partial charge in [0.2, 0.25) is 0 Å². The molecule has 1 fully saturated rings. The number of nitrogens with zero attached hydrogens (tertiary/aromatic N) is 5. The number of aromatic amines is 1. The third-order valence-electron chi connectivity index (χ3n) is 9.30. The van der Waals surface area contributed by atoms with Gasteiger partial charge in [0.15, 0.2) is 5.82 Å². The van der Waals surface area contributed by atoms with Crippen LogP contribution in [0.25, 0.3) is 0 Å². The summed E-state index contributed by atoms with van der Waals surface area (Å²) in [4.78, 5) is 34.0. The SMILES string of the molecule is CC(C)C1CCC2(CC1)N=C(c1cc(F)cc(C(F)(F)F)c1)C(=O)N2[C@H](CCC(C)(C)C)c1ccc(C(=O)NCc2nn[nH]n2)cc1. The summed E-state index contributed by atoms with van der Waals surface area (Å²) in [5.74, 6) is -0.772. The third-order valence-corrected chi connectivity index (χ3v) is 9.30. The van der Waals surface area contributed by atoms with Gasteiger partial charge in [0.25, 0.3) is 11.8 Å². The number of halogens is 4. The molecule has 0 radical (unpaired) electrons. The lowest BCUT2D eigenvalue weighted by molar-refractivity contribution is -0.138. The van der Waals surface area contributed by atoms with Crippen LogP contribution >= 0.6 is 0 Å². The summed E-state index contributed by atoms with van der Waals surface area (Å²) in [6.07, 6.45) is -0.855. The van der Waals surface area contributed by atoms with Crippen LogP contribution in [0.15, 0.2) is 47.5 Å². The van der Waals surface area contributed by atoms with Gasteiger partial charge in [0, 0.05) is 11.1 Å². The highest BCUT2D eigenvalue weighted by Crippen LogP contribution is 2.48. The molecule has 5 rings (SSSR count). The Bertz CT molecular complexity index is 1600. The number of carbonyl (C=O) groups excluding carboxylic acids is 2. The Kier molecular flexibility index (Phi) is 9.57. The van der Waals surface area contributed by atoms with Crippen LogP contribution in [0.5, 0.6) is 0 Å². The first-order valence-electron chi connectivity index (χ1n) is 16.0. The fraction of sp³-hybridized carbons (Fsp3) is 0.529. The largest absolute Gasteiger partial charge is 0.416 e. The smallest absolute Gasteiger partial charge is 0.345 e. The molecule has 3 aromatic rings. The highest BCUT2D eigenvalue weighted by atomic mass is 19.4. The number of rotatable bonds is 9. The number of tetrazole rings is 1. The normalized spacial score (nSPS) is 21.0. The van der Waals surface area contributed by atoms with Crippen molar-refractivity contribution in [3.8, 4) is 0 Å². The number of alkyl halides is 3. The second-order valence-electron chi connectivity index (χ2n) is 14.2. The van der Waals surface area contributed by atoms with E-state index in [1.165, 1.54) is 0 Å². The van der Waals surface area contributed by atoms with Crippen molar-refractivity contribution >= 4 is 17.5 Å². The highest BCUT2D eigenvalue weighted by Gasteiger charge is 2.52. The van der Waals surface area contributed by atoms with E-state index < -0.39 is 35.2 Å². The first kappa shape index (κ1) is 34.2. The summed E-state index contributed by atoms with van der Waals surface area (Å²) < 4.78 is 55.7. The summed E-state index contributed by atoms with van der Waals surface area (Å²) in [6.45, 7) is 10.7.